The minimum atomic E-state index is -3.03. The number of carbonyl (C=O) groups is 2. The minimum Gasteiger partial charge on any atom is -0.490 e. The van der Waals surface area contributed by atoms with Crippen LogP contribution in [0, 0.1) is 0 Å². The van der Waals surface area contributed by atoms with Gasteiger partial charge in [0.2, 0.25) is 5.91 Å². The predicted molar refractivity (Wildman–Crippen MR) is 88.4 cm³/mol. The van der Waals surface area contributed by atoms with Crippen LogP contribution in [0.1, 0.15) is 42.5 Å². The third-order valence-electron chi connectivity index (χ3n) is 3.57. The Kier molecular flexibility index (Phi) is 9.35. The van der Waals surface area contributed by atoms with Crippen molar-refractivity contribution in [3.63, 3.8) is 0 Å². The molecule has 0 aliphatic rings. The molecular weight excluding hydrogens is 352 g/mol. The maximum atomic E-state index is 12.4. The van der Waals surface area contributed by atoms with Crippen molar-refractivity contribution in [3.05, 3.63) is 23.8 Å². The van der Waals surface area contributed by atoms with Crippen molar-refractivity contribution in [3.8, 4) is 11.5 Å². The molecule has 1 amide bonds. The van der Waals surface area contributed by atoms with E-state index in [1.54, 1.807) is 7.05 Å². The van der Waals surface area contributed by atoms with E-state index < -0.39 is 12.6 Å². The van der Waals surface area contributed by atoms with Crippen LogP contribution in [0.25, 0.3) is 0 Å². The van der Waals surface area contributed by atoms with Crippen LogP contribution >= 0.6 is 0 Å². The lowest BCUT2D eigenvalue weighted by Crippen LogP contribution is -2.24. The number of hydroxylamine groups is 2. The number of aromatic carboxylic acids is 1. The number of carboxylic acids is 1. The summed E-state index contributed by atoms with van der Waals surface area (Å²) < 4.78 is 34.5. The molecule has 0 heterocycles. The van der Waals surface area contributed by atoms with E-state index in [4.69, 9.17) is 14.7 Å². The first-order valence-electron chi connectivity index (χ1n) is 8.10. The lowest BCUT2D eigenvalue weighted by atomic mass is 10.1. The third kappa shape index (κ3) is 7.64. The second kappa shape index (κ2) is 11.2. The van der Waals surface area contributed by atoms with E-state index in [0.29, 0.717) is 19.3 Å². The number of carboxylic acid groups (broad SMARTS) is 1. The molecule has 0 saturated heterocycles. The molecule has 0 atom stereocenters. The highest BCUT2D eigenvalue weighted by atomic mass is 19.3. The number of halogens is 2. The van der Waals surface area contributed by atoms with Gasteiger partial charge in [-0.15, -0.1) is 0 Å². The number of ether oxygens (including phenoxy) is 2. The molecule has 0 bridgehead atoms. The highest BCUT2D eigenvalue weighted by Gasteiger charge is 2.14. The van der Waals surface area contributed by atoms with Crippen molar-refractivity contribution in [2.75, 3.05) is 20.8 Å². The topological polar surface area (TPSA) is 85.3 Å². The second-order valence-corrected chi connectivity index (χ2v) is 5.43. The first-order chi connectivity index (χ1) is 12.3. The van der Waals surface area contributed by atoms with Crippen molar-refractivity contribution in [2.45, 2.75) is 38.7 Å². The van der Waals surface area contributed by atoms with E-state index in [0.717, 1.165) is 25.0 Å². The van der Waals surface area contributed by atoms with Crippen LogP contribution in [0.15, 0.2) is 18.2 Å². The van der Waals surface area contributed by atoms with Gasteiger partial charge < -0.3 is 14.6 Å². The van der Waals surface area contributed by atoms with Crippen molar-refractivity contribution in [2.24, 2.45) is 0 Å². The van der Waals surface area contributed by atoms with Gasteiger partial charge in [0.05, 0.1) is 19.3 Å². The molecule has 26 heavy (non-hydrogen) atoms. The van der Waals surface area contributed by atoms with E-state index in [2.05, 4.69) is 4.74 Å². The van der Waals surface area contributed by atoms with Gasteiger partial charge in [0, 0.05) is 13.5 Å². The van der Waals surface area contributed by atoms with Crippen LogP contribution in [0.3, 0.4) is 0 Å². The van der Waals surface area contributed by atoms with Gasteiger partial charge in [0.15, 0.2) is 11.5 Å². The Balaban J connectivity index is 2.40. The first kappa shape index (κ1) is 21.6. The van der Waals surface area contributed by atoms with Crippen molar-refractivity contribution in [1.29, 1.82) is 0 Å². The quantitative estimate of drug-likeness (QED) is 0.446. The largest absolute Gasteiger partial charge is 0.490 e. The number of nitrogens with zero attached hydrogens (tertiary/aromatic N) is 1. The molecule has 0 fully saturated rings. The SMILES string of the molecule is CON(C)C(=O)CCCCCCOc1cc(C(=O)O)ccc1OC(F)F. The molecule has 146 valence electrons. The summed E-state index contributed by atoms with van der Waals surface area (Å²) in [5, 5.41) is 10.1. The zero-order valence-electron chi connectivity index (χ0n) is 14.7. The van der Waals surface area contributed by atoms with Crippen molar-refractivity contribution in [1.82, 2.24) is 5.06 Å². The van der Waals surface area contributed by atoms with E-state index in [-0.39, 0.29) is 29.6 Å². The van der Waals surface area contributed by atoms with Gasteiger partial charge in [-0.3, -0.25) is 9.63 Å². The Labute approximate surface area is 150 Å². The van der Waals surface area contributed by atoms with Gasteiger partial charge >= 0.3 is 12.6 Å². The highest BCUT2D eigenvalue weighted by Crippen LogP contribution is 2.30. The lowest BCUT2D eigenvalue weighted by Gasteiger charge is -2.13. The van der Waals surface area contributed by atoms with Gasteiger partial charge in [-0.2, -0.15) is 8.78 Å². The zero-order valence-corrected chi connectivity index (χ0v) is 14.7. The summed E-state index contributed by atoms with van der Waals surface area (Å²) >= 11 is 0. The molecular formula is C17H23F2NO6. The van der Waals surface area contributed by atoms with Gasteiger partial charge in [-0.25, -0.2) is 9.86 Å². The van der Waals surface area contributed by atoms with Gasteiger partial charge in [0.25, 0.3) is 0 Å². The number of hydrogen-bond donors (Lipinski definition) is 1. The van der Waals surface area contributed by atoms with Crippen LogP contribution in [0.5, 0.6) is 11.5 Å². The smallest absolute Gasteiger partial charge is 0.387 e. The molecule has 1 aromatic rings. The maximum Gasteiger partial charge on any atom is 0.387 e. The number of hydrogen-bond acceptors (Lipinski definition) is 5. The standard InChI is InChI=1S/C17H23F2NO6/c1-20(24-2)15(21)7-5-3-4-6-10-25-14-11-12(16(22)23)8-9-13(14)26-17(18)19/h8-9,11,17H,3-7,10H2,1-2H3,(H,22,23). The van der Waals surface area contributed by atoms with Crippen LogP contribution in [-0.4, -0.2) is 49.4 Å². The summed E-state index contributed by atoms with van der Waals surface area (Å²) in [5.74, 6) is -1.55. The number of carbonyl (C=O) groups excluding carboxylic acids is 1. The van der Waals surface area contributed by atoms with Crippen LogP contribution < -0.4 is 9.47 Å². The van der Waals surface area contributed by atoms with Gasteiger partial charge in [-0.05, 0) is 31.0 Å². The summed E-state index contributed by atoms with van der Waals surface area (Å²) in [7, 11) is 2.96. The molecule has 1 aromatic carbocycles. The molecule has 0 aliphatic carbocycles. The Bertz CT molecular complexity index is 597. The minimum absolute atomic E-state index is 0.0397. The van der Waals surface area contributed by atoms with Crippen LogP contribution in [0.4, 0.5) is 8.78 Å². The molecule has 0 unspecified atom stereocenters. The Morgan fingerprint density at radius 3 is 2.46 bits per heavy atom. The van der Waals surface area contributed by atoms with Gasteiger partial charge in [-0.1, -0.05) is 12.8 Å². The van der Waals surface area contributed by atoms with E-state index in [9.17, 15) is 18.4 Å². The van der Waals surface area contributed by atoms with Crippen molar-refractivity contribution < 1.29 is 37.8 Å². The molecule has 9 heteroatoms. The average molecular weight is 375 g/mol. The van der Waals surface area contributed by atoms with Gasteiger partial charge in [0.1, 0.15) is 0 Å². The fourth-order valence-corrected chi connectivity index (χ4v) is 2.12. The normalized spacial score (nSPS) is 10.7. The zero-order chi connectivity index (χ0) is 19.5. The molecule has 0 spiro atoms. The molecule has 1 N–H and O–H groups in total. The second-order valence-electron chi connectivity index (χ2n) is 5.43. The fraction of sp³-hybridized carbons (Fsp3) is 0.529. The molecule has 0 saturated carbocycles. The number of benzene rings is 1. The average Bonchev–Trinajstić information content (AvgIpc) is 2.60. The van der Waals surface area contributed by atoms with Crippen LogP contribution in [-0.2, 0) is 9.63 Å². The number of alkyl halides is 2. The van der Waals surface area contributed by atoms with E-state index in [1.165, 1.54) is 18.2 Å². The van der Waals surface area contributed by atoms with Crippen LogP contribution in [0.2, 0.25) is 0 Å². The molecule has 0 aromatic heterocycles. The summed E-state index contributed by atoms with van der Waals surface area (Å²) in [4.78, 5) is 27.3. The van der Waals surface area contributed by atoms with E-state index >= 15 is 0 Å². The summed E-state index contributed by atoms with van der Waals surface area (Å²) in [5.41, 5.74) is -0.0811. The molecule has 1 rings (SSSR count). The summed E-state index contributed by atoms with van der Waals surface area (Å²) in [6.45, 7) is -2.81. The Hall–Kier alpha value is -2.42. The highest BCUT2D eigenvalue weighted by molar-refractivity contribution is 5.88. The summed E-state index contributed by atoms with van der Waals surface area (Å²) in [6.07, 6.45) is 3.26. The number of amides is 1. The monoisotopic (exact) mass is 375 g/mol. The Morgan fingerprint density at radius 1 is 1.15 bits per heavy atom. The maximum absolute atomic E-state index is 12.4. The molecule has 0 radical (unpaired) electrons. The predicted octanol–water partition coefficient (Wildman–Crippen LogP) is 3.34. The van der Waals surface area contributed by atoms with Crippen molar-refractivity contribution >= 4 is 11.9 Å². The summed E-state index contributed by atoms with van der Waals surface area (Å²) in [6, 6.07) is 3.46. The number of rotatable bonds is 12. The molecule has 7 nitrogen and oxygen atoms in total. The lowest BCUT2D eigenvalue weighted by molar-refractivity contribution is -0.168. The molecule has 0 aliphatic heterocycles. The fourth-order valence-electron chi connectivity index (χ4n) is 2.12. The Morgan fingerprint density at radius 2 is 1.85 bits per heavy atom. The third-order valence-corrected chi connectivity index (χ3v) is 3.57. The number of unbranched alkanes of at least 4 members (excludes halogenated alkanes) is 3. The first-order valence-corrected chi connectivity index (χ1v) is 8.10. The van der Waals surface area contributed by atoms with E-state index in [1.807, 2.05) is 0 Å².